The van der Waals surface area contributed by atoms with Crippen molar-refractivity contribution < 1.29 is 18.0 Å². The molecule has 5 nitrogen and oxygen atoms in total. The number of nitrogens with one attached hydrogen (secondary N) is 2. The maximum Gasteiger partial charge on any atom is 0.391 e. The fourth-order valence-corrected chi connectivity index (χ4v) is 2.26. The molecule has 0 spiro atoms. The maximum absolute atomic E-state index is 12.1. The van der Waals surface area contributed by atoms with Gasteiger partial charge in [-0.15, -0.1) is 0 Å². The van der Waals surface area contributed by atoms with Gasteiger partial charge in [0.05, 0.1) is 6.42 Å². The third kappa shape index (κ3) is 4.93. The molecule has 1 amide bonds. The van der Waals surface area contributed by atoms with E-state index >= 15 is 0 Å². The van der Waals surface area contributed by atoms with E-state index < -0.39 is 24.5 Å². The van der Waals surface area contributed by atoms with Crippen LogP contribution in [0.1, 0.15) is 29.9 Å². The molecule has 1 aromatic heterocycles. The molecule has 0 fully saturated rings. The van der Waals surface area contributed by atoms with Gasteiger partial charge in [-0.1, -0.05) is 11.3 Å². The zero-order valence-corrected chi connectivity index (χ0v) is 11.3. The van der Waals surface area contributed by atoms with Gasteiger partial charge in [0.2, 0.25) is 0 Å². The summed E-state index contributed by atoms with van der Waals surface area (Å²) in [4.78, 5) is 15.8. The molecule has 0 radical (unpaired) electrons. The molecular weight excluding hydrogens is 281 g/mol. The first-order valence-corrected chi connectivity index (χ1v) is 6.42. The third-order valence-corrected chi connectivity index (χ3v) is 3.13. The topological polar surface area (TPSA) is 80.0 Å². The van der Waals surface area contributed by atoms with E-state index in [0.29, 0.717) is 11.7 Å². The fraction of sp³-hybridized carbons (Fsp3) is 0.600. The van der Waals surface area contributed by atoms with E-state index in [2.05, 4.69) is 15.6 Å². The predicted octanol–water partition coefficient (Wildman–Crippen LogP) is 2.23. The van der Waals surface area contributed by atoms with Crippen molar-refractivity contribution in [3.8, 4) is 0 Å². The van der Waals surface area contributed by atoms with Crippen LogP contribution < -0.4 is 16.4 Å². The van der Waals surface area contributed by atoms with Gasteiger partial charge in [0.1, 0.15) is 10.7 Å². The summed E-state index contributed by atoms with van der Waals surface area (Å²) < 4.78 is 36.4. The summed E-state index contributed by atoms with van der Waals surface area (Å²) in [6.45, 7) is 3.75. The summed E-state index contributed by atoms with van der Waals surface area (Å²) in [5.74, 6) is -0.631. The molecule has 1 aromatic rings. The van der Waals surface area contributed by atoms with Gasteiger partial charge in [0, 0.05) is 12.6 Å². The van der Waals surface area contributed by atoms with Crippen molar-refractivity contribution >= 4 is 28.2 Å². The average Bonchev–Trinajstić information content (AvgIpc) is 2.57. The molecule has 9 heteroatoms. The number of amides is 1. The van der Waals surface area contributed by atoms with Gasteiger partial charge in [-0.3, -0.25) is 4.79 Å². The van der Waals surface area contributed by atoms with E-state index in [1.165, 1.54) is 6.92 Å². The van der Waals surface area contributed by atoms with E-state index in [9.17, 15) is 18.0 Å². The van der Waals surface area contributed by atoms with Crippen LogP contribution in [0.3, 0.4) is 0 Å². The number of alkyl halides is 3. The summed E-state index contributed by atoms with van der Waals surface area (Å²) in [7, 11) is 0. The Bertz CT molecular complexity index is 446. The Hall–Kier alpha value is -1.51. The normalized spacial score (nSPS) is 13.1. The van der Waals surface area contributed by atoms with Crippen LogP contribution in [0.4, 0.5) is 24.1 Å². The Morgan fingerprint density at radius 2 is 2.16 bits per heavy atom. The highest BCUT2D eigenvalue weighted by Crippen LogP contribution is 2.26. The third-order valence-electron chi connectivity index (χ3n) is 2.10. The summed E-state index contributed by atoms with van der Waals surface area (Å²) >= 11 is 1.01. The van der Waals surface area contributed by atoms with Crippen molar-refractivity contribution in [3.63, 3.8) is 0 Å². The standard InChI is InChI=1S/C10H15F3N4OS/c1-3-15-9-17-7(14)6(19-9)8(18)16-5(2)4-10(11,12)13/h5H,3-4,14H2,1-2H3,(H,15,17)(H,16,18). The van der Waals surface area contributed by atoms with Crippen molar-refractivity contribution in [2.75, 3.05) is 17.6 Å². The van der Waals surface area contributed by atoms with E-state index in [-0.39, 0.29) is 10.7 Å². The average molecular weight is 296 g/mol. The lowest BCUT2D eigenvalue weighted by molar-refractivity contribution is -0.138. The lowest BCUT2D eigenvalue weighted by Gasteiger charge is -2.15. The second kappa shape index (κ2) is 6.09. The van der Waals surface area contributed by atoms with Crippen molar-refractivity contribution in [3.05, 3.63) is 4.88 Å². The van der Waals surface area contributed by atoms with Gasteiger partial charge >= 0.3 is 6.18 Å². The van der Waals surface area contributed by atoms with E-state index in [0.717, 1.165) is 11.3 Å². The lowest BCUT2D eigenvalue weighted by atomic mass is 10.2. The highest BCUT2D eigenvalue weighted by atomic mass is 32.1. The number of hydrogen-bond acceptors (Lipinski definition) is 5. The summed E-state index contributed by atoms with van der Waals surface area (Å²) in [5.41, 5.74) is 5.55. The number of nitrogen functional groups attached to an aromatic ring is 1. The number of rotatable bonds is 5. The van der Waals surface area contributed by atoms with Crippen LogP contribution in [-0.2, 0) is 0 Å². The van der Waals surface area contributed by atoms with E-state index in [4.69, 9.17) is 5.73 Å². The van der Waals surface area contributed by atoms with Gasteiger partial charge < -0.3 is 16.4 Å². The molecule has 1 heterocycles. The quantitative estimate of drug-likeness (QED) is 0.778. The van der Waals surface area contributed by atoms with Crippen molar-refractivity contribution in [1.29, 1.82) is 0 Å². The van der Waals surface area contributed by atoms with Crippen LogP contribution >= 0.6 is 11.3 Å². The number of thiazole rings is 1. The Balaban J connectivity index is 2.67. The number of carbonyl (C=O) groups excluding carboxylic acids is 1. The first-order valence-electron chi connectivity index (χ1n) is 5.60. The Labute approximate surface area is 112 Å². The predicted molar refractivity (Wildman–Crippen MR) is 68.3 cm³/mol. The first-order chi connectivity index (χ1) is 8.73. The van der Waals surface area contributed by atoms with Gasteiger partial charge in [0.25, 0.3) is 5.91 Å². The summed E-state index contributed by atoms with van der Waals surface area (Å²) in [6.07, 6.45) is -5.40. The second-order valence-electron chi connectivity index (χ2n) is 3.96. The molecule has 108 valence electrons. The molecule has 0 saturated carbocycles. The minimum Gasteiger partial charge on any atom is -0.382 e. The molecule has 1 atom stereocenters. The van der Waals surface area contributed by atoms with E-state index in [1.54, 1.807) is 0 Å². The van der Waals surface area contributed by atoms with Crippen molar-refractivity contribution in [1.82, 2.24) is 10.3 Å². The molecular formula is C10H15F3N4OS. The van der Waals surface area contributed by atoms with Gasteiger partial charge in [-0.2, -0.15) is 13.2 Å². The van der Waals surface area contributed by atoms with Crippen molar-refractivity contribution in [2.45, 2.75) is 32.5 Å². The van der Waals surface area contributed by atoms with Crippen LogP contribution in [0, 0.1) is 0 Å². The molecule has 0 aliphatic heterocycles. The lowest BCUT2D eigenvalue weighted by Crippen LogP contribution is -2.35. The molecule has 0 aliphatic rings. The van der Waals surface area contributed by atoms with Crippen LogP contribution in [0.2, 0.25) is 0 Å². The monoisotopic (exact) mass is 296 g/mol. The molecule has 1 unspecified atom stereocenters. The van der Waals surface area contributed by atoms with E-state index in [1.807, 2.05) is 6.92 Å². The molecule has 0 aromatic carbocycles. The fourth-order valence-electron chi connectivity index (χ4n) is 1.41. The number of anilines is 2. The molecule has 1 rings (SSSR count). The first kappa shape index (κ1) is 15.5. The van der Waals surface area contributed by atoms with Crippen LogP contribution in [0.25, 0.3) is 0 Å². The molecule has 4 N–H and O–H groups in total. The molecule has 19 heavy (non-hydrogen) atoms. The number of halogens is 3. The van der Waals surface area contributed by atoms with Crippen molar-refractivity contribution in [2.24, 2.45) is 0 Å². The van der Waals surface area contributed by atoms with Gasteiger partial charge in [-0.25, -0.2) is 4.98 Å². The van der Waals surface area contributed by atoms with Crippen LogP contribution in [-0.4, -0.2) is 29.7 Å². The minimum atomic E-state index is -4.32. The molecule has 0 aliphatic carbocycles. The SMILES string of the molecule is CCNc1nc(N)c(C(=O)NC(C)CC(F)(F)F)s1. The largest absolute Gasteiger partial charge is 0.391 e. The maximum atomic E-state index is 12.1. The number of hydrogen-bond donors (Lipinski definition) is 3. The highest BCUT2D eigenvalue weighted by molar-refractivity contribution is 7.18. The van der Waals surface area contributed by atoms with Gasteiger partial charge in [-0.05, 0) is 13.8 Å². The second-order valence-corrected chi connectivity index (χ2v) is 4.96. The summed E-state index contributed by atoms with van der Waals surface area (Å²) in [5, 5.41) is 5.60. The van der Waals surface area contributed by atoms with Crippen LogP contribution in [0.5, 0.6) is 0 Å². The number of carbonyl (C=O) groups is 1. The number of aromatic nitrogens is 1. The number of nitrogens with zero attached hydrogens (tertiary/aromatic N) is 1. The Morgan fingerprint density at radius 1 is 1.53 bits per heavy atom. The summed E-state index contributed by atoms with van der Waals surface area (Å²) in [6, 6.07) is -1.02. The Morgan fingerprint density at radius 3 is 2.68 bits per heavy atom. The molecule has 0 saturated heterocycles. The minimum absolute atomic E-state index is 0.0117. The zero-order valence-electron chi connectivity index (χ0n) is 10.5. The highest BCUT2D eigenvalue weighted by Gasteiger charge is 2.31. The smallest absolute Gasteiger partial charge is 0.382 e. The number of nitrogens with two attached hydrogens (primary N) is 1. The zero-order chi connectivity index (χ0) is 14.6. The van der Waals surface area contributed by atoms with Gasteiger partial charge in [0.15, 0.2) is 5.13 Å². The molecule has 0 bridgehead atoms. The Kier molecular flexibility index (Phi) is 4.98. The van der Waals surface area contributed by atoms with Crippen LogP contribution in [0.15, 0.2) is 0 Å².